The molecular weight excluding hydrogens is 452 g/mol. The number of hydrogen-bond acceptors (Lipinski definition) is 4. The van der Waals surface area contributed by atoms with E-state index in [4.69, 9.17) is 0 Å². The maximum absolute atomic E-state index is 12.5. The van der Waals surface area contributed by atoms with Crippen molar-refractivity contribution in [2.45, 2.75) is 13.5 Å². The van der Waals surface area contributed by atoms with Crippen molar-refractivity contribution in [1.82, 2.24) is 15.5 Å². The summed E-state index contributed by atoms with van der Waals surface area (Å²) in [4.78, 5) is 12.5. The average molecular weight is 473 g/mol. The fourth-order valence-corrected chi connectivity index (χ4v) is 3.31. The van der Waals surface area contributed by atoms with Crippen LogP contribution in [0, 0.1) is 6.92 Å². The maximum Gasteiger partial charge on any atom is 0.251 e. The predicted molar refractivity (Wildman–Crippen MR) is 127 cm³/mol. The average Bonchev–Trinajstić information content (AvgIpc) is 2.80. The Hall–Kier alpha value is -3.51. The molecule has 0 atom stereocenters. The van der Waals surface area contributed by atoms with Crippen LogP contribution in [0.3, 0.4) is 0 Å². The molecule has 154 valence electrons. The second-order valence-corrected chi connectivity index (χ2v) is 8.10. The van der Waals surface area contributed by atoms with Crippen molar-refractivity contribution >= 4 is 33.3 Å². The van der Waals surface area contributed by atoms with Gasteiger partial charge in [-0.2, -0.15) is 0 Å². The molecular formula is C25H21BrN4O. The topological polar surface area (TPSA) is 66.9 Å². The smallest absolute Gasteiger partial charge is 0.251 e. The molecule has 1 amide bonds. The van der Waals surface area contributed by atoms with Crippen LogP contribution in [0.4, 0.5) is 11.5 Å². The number of nitrogens with one attached hydrogen (secondary N) is 2. The molecule has 0 fully saturated rings. The van der Waals surface area contributed by atoms with E-state index in [2.05, 4.69) is 55.8 Å². The van der Waals surface area contributed by atoms with Gasteiger partial charge < -0.3 is 10.6 Å². The molecule has 0 saturated carbocycles. The Labute approximate surface area is 189 Å². The fraction of sp³-hybridized carbons (Fsp3) is 0.0800. The van der Waals surface area contributed by atoms with E-state index in [-0.39, 0.29) is 5.91 Å². The van der Waals surface area contributed by atoms with Gasteiger partial charge in [0.1, 0.15) is 0 Å². The van der Waals surface area contributed by atoms with Crippen LogP contribution >= 0.6 is 15.9 Å². The van der Waals surface area contributed by atoms with Gasteiger partial charge in [-0.25, -0.2) is 0 Å². The first-order valence-electron chi connectivity index (χ1n) is 9.87. The van der Waals surface area contributed by atoms with E-state index >= 15 is 0 Å². The number of amides is 1. The van der Waals surface area contributed by atoms with Crippen molar-refractivity contribution in [2.24, 2.45) is 0 Å². The highest BCUT2D eigenvalue weighted by Gasteiger charge is 2.07. The van der Waals surface area contributed by atoms with E-state index < -0.39 is 0 Å². The summed E-state index contributed by atoms with van der Waals surface area (Å²) >= 11 is 3.41. The number of rotatable bonds is 6. The van der Waals surface area contributed by atoms with Crippen molar-refractivity contribution < 1.29 is 4.79 Å². The lowest BCUT2D eigenvalue weighted by molar-refractivity contribution is 0.0951. The van der Waals surface area contributed by atoms with Gasteiger partial charge in [0, 0.05) is 27.8 Å². The van der Waals surface area contributed by atoms with Crippen molar-refractivity contribution in [3.63, 3.8) is 0 Å². The highest BCUT2D eigenvalue weighted by Crippen LogP contribution is 2.20. The van der Waals surface area contributed by atoms with Crippen LogP contribution in [0.5, 0.6) is 0 Å². The number of benzene rings is 3. The quantitative estimate of drug-likeness (QED) is 0.367. The molecule has 0 spiro atoms. The van der Waals surface area contributed by atoms with E-state index in [0.717, 1.165) is 27.0 Å². The zero-order chi connectivity index (χ0) is 21.6. The molecule has 1 heterocycles. The normalized spacial score (nSPS) is 10.5. The highest BCUT2D eigenvalue weighted by molar-refractivity contribution is 9.10. The molecule has 0 bridgehead atoms. The van der Waals surface area contributed by atoms with Crippen LogP contribution in [0.25, 0.3) is 11.3 Å². The molecule has 4 rings (SSSR count). The van der Waals surface area contributed by atoms with Crippen LogP contribution in [-0.4, -0.2) is 16.1 Å². The summed E-state index contributed by atoms with van der Waals surface area (Å²) < 4.78 is 1.01. The maximum atomic E-state index is 12.5. The Morgan fingerprint density at radius 2 is 1.68 bits per heavy atom. The van der Waals surface area contributed by atoms with Crippen LogP contribution in [-0.2, 0) is 6.54 Å². The molecule has 0 unspecified atom stereocenters. The SMILES string of the molecule is Cc1ccc(-c2ccc(Nc3cccc(C(=O)NCc4ccc(Br)cc4)c3)nn2)cc1. The van der Waals surface area contributed by atoms with Gasteiger partial charge in [-0.05, 0) is 55.0 Å². The van der Waals surface area contributed by atoms with Gasteiger partial charge in [0.25, 0.3) is 5.91 Å². The minimum absolute atomic E-state index is 0.132. The molecule has 1 aromatic heterocycles. The Morgan fingerprint density at radius 3 is 2.39 bits per heavy atom. The molecule has 0 radical (unpaired) electrons. The van der Waals surface area contributed by atoms with Gasteiger partial charge in [0.15, 0.2) is 5.82 Å². The minimum atomic E-state index is -0.132. The zero-order valence-electron chi connectivity index (χ0n) is 17.0. The molecule has 3 aromatic carbocycles. The first-order valence-corrected chi connectivity index (χ1v) is 10.7. The molecule has 4 aromatic rings. The minimum Gasteiger partial charge on any atom is -0.348 e. The third-order valence-electron chi connectivity index (χ3n) is 4.78. The van der Waals surface area contributed by atoms with E-state index in [1.54, 1.807) is 12.1 Å². The number of carbonyl (C=O) groups is 1. The van der Waals surface area contributed by atoms with Crippen LogP contribution < -0.4 is 10.6 Å². The van der Waals surface area contributed by atoms with E-state index in [9.17, 15) is 4.79 Å². The van der Waals surface area contributed by atoms with E-state index in [1.807, 2.05) is 60.7 Å². The number of hydrogen-bond donors (Lipinski definition) is 2. The molecule has 0 saturated heterocycles. The molecule has 2 N–H and O–H groups in total. The van der Waals surface area contributed by atoms with Crippen LogP contribution in [0.2, 0.25) is 0 Å². The van der Waals surface area contributed by atoms with Gasteiger partial charge in [0.2, 0.25) is 0 Å². The number of nitrogens with zero attached hydrogens (tertiary/aromatic N) is 2. The van der Waals surface area contributed by atoms with Gasteiger partial charge in [-0.1, -0.05) is 64.0 Å². The molecule has 0 aliphatic carbocycles. The second-order valence-electron chi connectivity index (χ2n) is 7.18. The van der Waals surface area contributed by atoms with Crippen LogP contribution in [0.1, 0.15) is 21.5 Å². The zero-order valence-corrected chi connectivity index (χ0v) is 18.6. The molecule has 31 heavy (non-hydrogen) atoms. The lowest BCUT2D eigenvalue weighted by Gasteiger charge is -2.09. The number of anilines is 2. The van der Waals surface area contributed by atoms with Crippen molar-refractivity contribution in [2.75, 3.05) is 5.32 Å². The number of halogens is 1. The van der Waals surface area contributed by atoms with Crippen LogP contribution in [0.15, 0.2) is 89.4 Å². The van der Waals surface area contributed by atoms with E-state index in [1.165, 1.54) is 5.56 Å². The van der Waals surface area contributed by atoms with E-state index in [0.29, 0.717) is 17.9 Å². The molecule has 0 aliphatic heterocycles. The first-order chi connectivity index (χ1) is 15.1. The van der Waals surface area contributed by atoms with Gasteiger partial charge in [0.05, 0.1) is 5.69 Å². The third-order valence-corrected chi connectivity index (χ3v) is 5.30. The number of aryl methyl sites for hydroxylation is 1. The summed E-state index contributed by atoms with van der Waals surface area (Å²) in [6, 6.07) is 27.1. The van der Waals surface area contributed by atoms with Gasteiger partial charge in [-0.15, -0.1) is 10.2 Å². The standard InChI is InChI=1S/C25H21BrN4O/c1-17-5-9-19(10-6-17)23-13-14-24(30-29-23)28-22-4-2-3-20(15-22)25(31)27-16-18-7-11-21(26)12-8-18/h2-15H,16H2,1H3,(H,27,31)(H,28,30). The summed E-state index contributed by atoms with van der Waals surface area (Å²) in [6.45, 7) is 2.52. The monoisotopic (exact) mass is 472 g/mol. The van der Waals surface area contributed by atoms with Crippen molar-refractivity contribution in [3.05, 3.63) is 106 Å². The number of aromatic nitrogens is 2. The Morgan fingerprint density at radius 1 is 0.903 bits per heavy atom. The van der Waals surface area contributed by atoms with Gasteiger partial charge in [-0.3, -0.25) is 4.79 Å². The molecule has 6 heteroatoms. The molecule has 5 nitrogen and oxygen atoms in total. The summed E-state index contributed by atoms with van der Waals surface area (Å²) in [6.07, 6.45) is 0. The van der Waals surface area contributed by atoms with Gasteiger partial charge >= 0.3 is 0 Å². The highest BCUT2D eigenvalue weighted by atomic mass is 79.9. The Balaban J connectivity index is 1.40. The molecule has 0 aliphatic rings. The van der Waals surface area contributed by atoms with Crippen molar-refractivity contribution in [1.29, 1.82) is 0 Å². The largest absolute Gasteiger partial charge is 0.348 e. The third kappa shape index (κ3) is 5.55. The summed E-state index contributed by atoms with van der Waals surface area (Å²) in [5, 5.41) is 14.7. The predicted octanol–water partition coefficient (Wildman–Crippen LogP) is 5.89. The summed E-state index contributed by atoms with van der Waals surface area (Å²) in [5.41, 5.74) is 5.42. The first kappa shape index (κ1) is 20.8. The lowest BCUT2D eigenvalue weighted by Crippen LogP contribution is -2.22. The summed E-state index contributed by atoms with van der Waals surface area (Å²) in [7, 11) is 0. The summed E-state index contributed by atoms with van der Waals surface area (Å²) in [5.74, 6) is 0.482. The fourth-order valence-electron chi connectivity index (χ4n) is 3.05. The van der Waals surface area contributed by atoms with Crippen molar-refractivity contribution in [3.8, 4) is 11.3 Å². The number of carbonyl (C=O) groups excluding carboxylic acids is 1. The Bertz CT molecular complexity index is 1170. The Kier molecular flexibility index (Phi) is 6.38. The lowest BCUT2D eigenvalue weighted by atomic mass is 10.1. The second kappa shape index (κ2) is 9.53.